The lowest BCUT2D eigenvalue weighted by atomic mass is 10.1. The second kappa shape index (κ2) is 6.22. The molecular weight excluding hydrogens is 302 g/mol. The van der Waals surface area contributed by atoms with Crippen molar-refractivity contribution in [1.29, 1.82) is 0 Å². The molecule has 0 spiro atoms. The van der Waals surface area contributed by atoms with Crippen LogP contribution in [0, 0.1) is 17.8 Å². The standard InChI is InChI=1S/C19H25N3O2/c1-3-22-8-15-16(9-22)17(15)11-24-10-13-4-5-18-14(6-13)19(7-20-18)21-12(2)23/h4-7,15-17,20H,3,8-11H2,1-2H3,(H,21,23)/t15-,16+,17?. The van der Waals surface area contributed by atoms with Crippen LogP contribution in [0.4, 0.5) is 5.69 Å². The summed E-state index contributed by atoms with van der Waals surface area (Å²) in [7, 11) is 0. The van der Waals surface area contributed by atoms with E-state index < -0.39 is 0 Å². The summed E-state index contributed by atoms with van der Waals surface area (Å²) in [4.78, 5) is 17.0. The average molecular weight is 327 g/mol. The van der Waals surface area contributed by atoms with Gasteiger partial charge in [0.2, 0.25) is 5.91 Å². The lowest BCUT2D eigenvalue weighted by Crippen LogP contribution is -2.24. The van der Waals surface area contributed by atoms with Crippen LogP contribution in [-0.4, -0.2) is 42.0 Å². The Hall–Kier alpha value is -1.85. The SMILES string of the molecule is CCN1C[C@@H]2C(COCc3ccc4[nH]cc(NC(C)=O)c4c3)[C@@H]2C1. The second-order valence-corrected chi connectivity index (χ2v) is 7.12. The summed E-state index contributed by atoms with van der Waals surface area (Å²) in [6.07, 6.45) is 1.83. The Balaban J connectivity index is 1.33. The molecule has 1 amide bonds. The van der Waals surface area contributed by atoms with Crippen molar-refractivity contribution in [3.05, 3.63) is 30.0 Å². The van der Waals surface area contributed by atoms with Gasteiger partial charge in [-0.2, -0.15) is 0 Å². The number of fused-ring (bicyclic) bond motifs is 2. The fourth-order valence-corrected chi connectivity index (χ4v) is 4.11. The van der Waals surface area contributed by atoms with Gasteiger partial charge in [0, 0.05) is 37.1 Å². The summed E-state index contributed by atoms with van der Waals surface area (Å²) in [5.74, 6) is 2.43. The molecule has 2 aromatic rings. The fourth-order valence-electron chi connectivity index (χ4n) is 4.11. The van der Waals surface area contributed by atoms with Crippen molar-refractivity contribution in [3.63, 3.8) is 0 Å². The minimum absolute atomic E-state index is 0.0565. The lowest BCUT2D eigenvalue weighted by Gasteiger charge is -2.16. The fraction of sp³-hybridized carbons (Fsp3) is 0.526. The van der Waals surface area contributed by atoms with E-state index in [1.54, 1.807) is 0 Å². The number of nitrogens with one attached hydrogen (secondary N) is 2. The van der Waals surface area contributed by atoms with E-state index in [0.717, 1.165) is 46.5 Å². The quantitative estimate of drug-likeness (QED) is 0.858. The number of hydrogen-bond donors (Lipinski definition) is 2. The minimum atomic E-state index is -0.0565. The summed E-state index contributed by atoms with van der Waals surface area (Å²) >= 11 is 0. The third-order valence-electron chi connectivity index (χ3n) is 5.53. The molecule has 1 aliphatic heterocycles. The number of benzene rings is 1. The lowest BCUT2D eigenvalue weighted by molar-refractivity contribution is -0.114. The molecule has 1 aliphatic carbocycles. The van der Waals surface area contributed by atoms with E-state index in [1.165, 1.54) is 26.6 Å². The Morgan fingerprint density at radius 2 is 2.17 bits per heavy atom. The van der Waals surface area contributed by atoms with Gasteiger partial charge in [-0.15, -0.1) is 0 Å². The summed E-state index contributed by atoms with van der Waals surface area (Å²) in [5, 5.41) is 3.90. The summed E-state index contributed by atoms with van der Waals surface area (Å²) < 4.78 is 5.98. The molecule has 2 heterocycles. The first-order valence-electron chi connectivity index (χ1n) is 8.83. The van der Waals surface area contributed by atoms with Crippen LogP contribution in [-0.2, 0) is 16.1 Å². The van der Waals surface area contributed by atoms with E-state index in [0.29, 0.717) is 6.61 Å². The number of anilines is 1. The van der Waals surface area contributed by atoms with E-state index in [2.05, 4.69) is 34.3 Å². The van der Waals surface area contributed by atoms with Crippen molar-refractivity contribution < 1.29 is 9.53 Å². The molecule has 3 atom stereocenters. The zero-order valence-electron chi connectivity index (χ0n) is 14.3. The molecule has 2 aliphatic rings. The highest BCUT2D eigenvalue weighted by Gasteiger charge is 2.54. The van der Waals surface area contributed by atoms with Gasteiger partial charge in [-0.1, -0.05) is 13.0 Å². The maximum Gasteiger partial charge on any atom is 0.221 e. The Labute approximate surface area is 142 Å². The van der Waals surface area contributed by atoms with Crippen molar-refractivity contribution in [2.45, 2.75) is 20.5 Å². The number of aromatic amines is 1. The van der Waals surface area contributed by atoms with Crippen LogP contribution in [0.15, 0.2) is 24.4 Å². The van der Waals surface area contributed by atoms with E-state index in [4.69, 9.17) is 4.74 Å². The van der Waals surface area contributed by atoms with Gasteiger partial charge in [-0.05, 0) is 42.0 Å². The van der Waals surface area contributed by atoms with Gasteiger partial charge in [0.1, 0.15) is 0 Å². The number of aromatic nitrogens is 1. The van der Waals surface area contributed by atoms with Gasteiger partial charge < -0.3 is 19.9 Å². The molecule has 0 radical (unpaired) electrons. The van der Waals surface area contributed by atoms with E-state index >= 15 is 0 Å². The molecule has 1 unspecified atom stereocenters. The molecular formula is C19H25N3O2. The Morgan fingerprint density at radius 3 is 2.88 bits per heavy atom. The van der Waals surface area contributed by atoms with Crippen LogP contribution in [0.3, 0.4) is 0 Å². The second-order valence-electron chi connectivity index (χ2n) is 7.12. The van der Waals surface area contributed by atoms with Crippen LogP contribution in [0.5, 0.6) is 0 Å². The molecule has 1 saturated carbocycles. The molecule has 1 aromatic carbocycles. The molecule has 2 N–H and O–H groups in total. The van der Waals surface area contributed by atoms with Crippen LogP contribution >= 0.6 is 0 Å². The topological polar surface area (TPSA) is 57.4 Å². The number of nitrogens with zero attached hydrogens (tertiary/aromatic N) is 1. The number of piperidine rings is 1. The number of rotatable bonds is 6. The number of carbonyl (C=O) groups is 1. The number of carbonyl (C=O) groups excluding carboxylic acids is 1. The number of amides is 1. The highest BCUT2D eigenvalue weighted by molar-refractivity contribution is 6.01. The Morgan fingerprint density at radius 1 is 1.38 bits per heavy atom. The predicted molar refractivity (Wildman–Crippen MR) is 94.8 cm³/mol. The van der Waals surface area contributed by atoms with Crippen LogP contribution in [0.2, 0.25) is 0 Å². The van der Waals surface area contributed by atoms with Crippen LogP contribution in [0.1, 0.15) is 19.4 Å². The summed E-state index contributed by atoms with van der Waals surface area (Å²) in [5.41, 5.74) is 3.00. The largest absolute Gasteiger partial charge is 0.376 e. The zero-order chi connectivity index (χ0) is 16.7. The van der Waals surface area contributed by atoms with Crippen molar-refractivity contribution >= 4 is 22.5 Å². The number of H-pyrrole nitrogens is 1. The average Bonchev–Trinajstić information content (AvgIpc) is 2.91. The third kappa shape index (κ3) is 2.94. The highest BCUT2D eigenvalue weighted by Crippen LogP contribution is 2.51. The first-order valence-corrected chi connectivity index (χ1v) is 8.83. The molecule has 5 heteroatoms. The van der Waals surface area contributed by atoms with Crippen LogP contribution < -0.4 is 5.32 Å². The van der Waals surface area contributed by atoms with E-state index in [-0.39, 0.29) is 5.91 Å². The molecule has 0 bridgehead atoms. The van der Waals surface area contributed by atoms with E-state index in [1.807, 2.05) is 12.3 Å². The Kier molecular flexibility index (Phi) is 4.06. The molecule has 1 aromatic heterocycles. The van der Waals surface area contributed by atoms with Crippen molar-refractivity contribution in [2.75, 3.05) is 31.6 Å². The van der Waals surface area contributed by atoms with Crippen molar-refractivity contribution in [1.82, 2.24) is 9.88 Å². The van der Waals surface area contributed by atoms with Crippen molar-refractivity contribution in [3.8, 4) is 0 Å². The molecule has 128 valence electrons. The van der Waals surface area contributed by atoms with Gasteiger partial charge in [-0.25, -0.2) is 0 Å². The van der Waals surface area contributed by atoms with Crippen molar-refractivity contribution in [2.24, 2.45) is 17.8 Å². The van der Waals surface area contributed by atoms with Gasteiger partial charge in [-0.3, -0.25) is 4.79 Å². The predicted octanol–water partition coefficient (Wildman–Crippen LogP) is 2.84. The zero-order valence-corrected chi connectivity index (χ0v) is 14.3. The number of hydrogen-bond acceptors (Lipinski definition) is 3. The maximum atomic E-state index is 11.3. The molecule has 1 saturated heterocycles. The monoisotopic (exact) mass is 327 g/mol. The first kappa shape index (κ1) is 15.7. The molecule has 2 fully saturated rings. The smallest absolute Gasteiger partial charge is 0.221 e. The van der Waals surface area contributed by atoms with Gasteiger partial charge in [0.05, 0.1) is 18.9 Å². The Bertz CT molecular complexity index is 742. The first-order chi connectivity index (χ1) is 11.7. The molecule has 4 rings (SSSR count). The number of likely N-dealkylation sites (tertiary alicyclic amines) is 1. The van der Waals surface area contributed by atoms with E-state index in [9.17, 15) is 4.79 Å². The minimum Gasteiger partial charge on any atom is -0.376 e. The van der Waals surface area contributed by atoms with Gasteiger partial charge in [0.25, 0.3) is 0 Å². The maximum absolute atomic E-state index is 11.3. The molecule has 24 heavy (non-hydrogen) atoms. The van der Waals surface area contributed by atoms with Gasteiger partial charge >= 0.3 is 0 Å². The molecule has 5 nitrogen and oxygen atoms in total. The third-order valence-corrected chi connectivity index (χ3v) is 5.53. The number of ether oxygens (including phenoxy) is 1. The van der Waals surface area contributed by atoms with Gasteiger partial charge in [0.15, 0.2) is 0 Å². The van der Waals surface area contributed by atoms with Crippen LogP contribution in [0.25, 0.3) is 10.9 Å². The normalized spacial score (nSPS) is 25.8. The summed E-state index contributed by atoms with van der Waals surface area (Å²) in [6.45, 7) is 8.95. The highest BCUT2D eigenvalue weighted by atomic mass is 16.5. The summed E-state index contributed by atoms with van der Waals surface area (Å²) in [6, 6.07) is 6.23.